The first kappa shape index (κ1) is 40.9. The number of ether oxygens (including phenoxy) is 1. The van der Waals surface area contributed by atoms with Gasteiger partial charge in [0.05, 0.1) is 18.5 Å². The Hall–Kier alpha value is -3.52. The van der Waals surface area contributed by atoms with Crippen LogP contribution in [-0.4, -0.2) is 53.1 Å². The fraction of sp³-hybridized carbons (Fsp3) is 0.595. The summed E-state index contributed by atoms with van der Waals surface area (Å²) in [6.07, 6.45) is 13.3. The van der Waals surface area contributed by atoms with Crippen LogP contribution in [-0.2, 0) is 12.8 Å². The van der Waals surface area contributed by atoms with E-state index < -0.39 is 0 Å². The van der Waals surface area contributed by atoms with Crippen molar-refractivity contribution in [3.8, 4) is 5.75 Å². The Labute approximate surface area is 303 Å². The molecule has 0 radical (unpaired) electrons. The molecule has 1 saturated carbocycles. The molecule has 2 aliphatic heterocycles. The fourth-order valence-electron chi connectivity index (χ4n) is 7.29. The Morgan fingerprint density at radius 2 is 1.82 bits per heavy atom. The first-order valence-corrected chi connectivity index (χ1v) is 18.8. The van der Waals surface area contributed by atoms with Crippen molar-refractivity contribution < 1.29 is 9.13 Å². The van der Waals surface area contributed by atoms with Gasteiger partial charge in [-0.15, -0.1) is 6.58 Å². The van der Waals surface area contributed by atoms with E-state index in [0.29, 0.717) is 12.4 Å². The zero-order chi connectivity index (χ0) is 36.9. The van der Waals surface area contributed by atoms with Gasteiger partial charge in [0.15, 0.2) is 11.6 Å². The topological polar surface area (TPSA) is 92.7 Å². The normalized spacial score (nSPS) is 17.0. The van der Waals surface area contributed by atoms with Crippen molar-refractivity contribution in [2.24, 2.45) is 22.8 Å². The van der Waals surface area contributed by atoms with Gasteiger partial charge in [0, 0.05) is 37.4 Å². The van der Waals surface area contributed by atoms with E-state index in [4.69, 9.17) is 15.5 Å². The molecule has 0 unspecified atom stereocenters. The van der Waals surface area contributed by atoms with Crippen LogP contribution in [0.15, 0.2) is 67.7 Å². The minimum atomic E-state index is -0.320. The molecule has 2 aromatic rings. The largest absolute Gasteiger partial charge is 0.491 e. The van der Waals surface area contributed by atoms with Crippen LogP contribution < -0.4 is 21.5 Å². The highest BCUT2D eigenvalue weighted by Crippen LogP contribution is 2.44. The highest BCUT2D eigenvalue weighted by molar-refractivity contribution is 5.47. The van der Waals surface area contributed by atoms with Gasteiger partial charge in [-0.25, -0.2) is 9.37 Å². The molecule has 1 aromatic carbocycles. The van der Waals surface area contributed by atoms with Gasteiger partial charge in [0.1, 0.15) is 5.82 Å². The molecule has 1 saturated heterocycles. The van der Waals surface area contributed by atoms with Gasteiger partial charge in [-0.1, -0.05) is 64.0 Å². The van der Waals surface area contributed by atoms with Crippen LogP contribution in [0.3, 0.4) is 0 Å². The first-order chi connectivity index (χ1) is 23.7. The van der Waals surface area contributed by atoms with Crippen LogP contribution in [0.4, 0.5) is 10.2 Å². The Bertz CT molecular complexity index is 1390. The van der Waals surface area contributed by atoms with Crippen LogP contribution >= 0.6 is 0 Å². The number of hydrogen-bond acceptors (Lipinski definition) is 7. The molecule has 3 heterocycles. The van der Waals surface area contributed by atoms with Crippen molar-refractivity contribution in [3.05, 3.63) is 90.3 Å². The van der Waals surface area contributed by atoms with Crippen molar-refractivity contribution >= 4 is 5.82 Å². The molecule has 7 nitrogen and oxygen atoms in total. The Morgan fingerprint density at radius 1 is 1.12 bits per heavy atom. The van der Waals surface area contributed by atoms with E-state index in [0.717, 1.165) is 86.2 Å². The molecule has 5 rings (SSSR count). The first-order valence-electron chi connectivity index (χ1n) is 18.8. The summed E-state index contributed by atoms with van der Waals surface area (Å²) in [6.45, 7) is 28.7. The molecule has 5 N–H and O–H groups in total. The summed E-state index contributed by atoms with van der Waals surface area (Å²) < 4.78 is 20.0. The van der Waals surface area contributed by atoms with Crippen LogP contribution in [0, 0.1) is 17.2 Å². The highest BCUT2D eigenvalue weighted by Gasteiger charge is 2.40. The van der Waals surface area contributed by atoms with Crippen molar-refractivity contribution in [3.63, 3.8) is 0 Å². The SMILES string of the molecule is C=C(C)C[C@@H](c1ccc(OCC)c(F)c1)N1CCN(CCCc2ccc3c(n2)NCCC3)C1=C.C=CN.CC(C)(N)C(C)(C)C1CCCCC1. The van der Waals surface area contributed by atoms with Crippen LogP contribution in [0.1, 0.15) is 116 Å². The average molecular weight is 691 g/mol. The Kier molecular flexibility index (Phi) is 15.7. The molecule has 1 aromatic heterocycles. The average Bonchev–Trinajstić information content (AvgIpc) is 3.44. The maximum Gasteiger partial charge on any atom is 0.165 e. The van der Waals surface area contributed by atoms with E-state index in [1.807, 2.05) is 19.9 Å². The zero-order valence-corrected chi connectivity index (χ0v) is 32.1. The molecule has 2 fully saturated rings. The maximum atomic E-state index is 14.6. The van der Waals surface area contributed by atoms with E-state index in [9.17, 15) is 4.39 Å². The van der Waals surface area contributed by atoms with Crippen molar-refractivity contribution in [1.82, 2.24) is 14.8 Å². The van der Waals surface area contributed by atoms with Gasteiger partial charge in [-0.3, -0.25) is 0 Å². The molecule has 0 amide bonds. The smallest absolute Gasteiger partial charge is 0.165 e. The summed E-state index contributed by atoms with van der Waals surface area (Å²) in [6, 6.07) is 9.70. The van der Waals surface area contributed by atoms with Gasteiger partial charge in [0.25, 0.3) is 0 Å². The molecule has 1 atom stereocenters. The lowest BCUT2D eigenvalue weighted by Crippen LogP contribution is -2.51. The van der Waals surface area contributed by atoms with Gasteiger partial charge in [-0.2, -0.15) is 0 Å². The number of rotatable bonds is 12. The van der Waals surface area contributed by atoms with E-state index in [2.05, 4.69) is 80.4 Å². The van der Waals surface area contributed by atoms with Crippen LogP contribution in [0.2, 0.25) is 0 Å². The zero-order valence-electron chi connectivity index (χ0n) is 32.1. The van der Waals surface area contributed by atoms with Crippen LogP contribution in [0.5, 0.6) is 5.75 Å². The van der Waals surface area contributed by atoms with E-state index in [1.165, 1.54) is 50.3 Å². The maximum absolute atomic E-state index is 14.6. The summed E-state index contributed by atoms with van der Waals surface area (Å²) in [5.41, 5.74) is 15.6. The molecule has 3 aliphatic rings. The number of halogens is 1. The van der Waals surface area contributed by atoms with Crippen LogP contribution in [0.25, 0.3) is 0 Å². The number of nitrogens with two attached hydrogens (primary N) is 2. The van der Waals surface area contributed by atoms with Gasteiger partial charge in [0.2, 0.25) is 0 Å². The number of pyridine rings is 1. The third-order valence-corrected chi connectivity index (χ3v) is 11.0. The monoisotopic (exact) mass is 691 g/mol. The second kappa shape index (κ2) is 19.2. The third-order valence-electron chi connectivity index (χ3n) is 11.0. The molecular weight excluding hydrogens is 624 g/mol. The summed E-state index contributed by atoms with van der Waals surface area (Å²) in [5, 5.41) is 3.42. The highest BCUT2D eigenvalue weighted by atomic mass is 19.1. The quantitative estimate of drug-likeness (QED) is 0.191. The molecule has 0 spiro atoms. The lowest BCUT2D eigenvalue weighted by molar-refractivity contribution is 0.0784. The minimum absolute atomic E-state index is 0.00793. The molecular formula is C42H67FN6O. The van der Waals surface area contributed by atoms with Crippen molar-refractivity contribution in [2.45, 2.75) is 117 Å². The van der Waals surface area contributed by atoms with E-state index in [-0.39, 0.29) is 22.8 Å². The minimum Gasteiger partial charge on any atom is -0.491 e. The Balaban J connectivity index is 0.000000352. The number of nitrogens with zero attached hydrogens (tertiary/aromatic N) is 3. The van der Waals surface area contributed by atoms with E-state index >= 15 is 0 Å². The summed E-state index contributed by atoms with van der Waals surface area (Å²) in [5.74, 6) is 2.88. The number of nitrogens with one attached hydrogen (secondary N) is 1. The summed E-state index contributed by atoms with van der Waals surface area (Å²) in [4.78, 5) is 9.46. The number of benzene rings is 1. The van der Waals surface area contributed by atoms with Crippen molar-refractivity contribution in [2.75, 3.05) is 38.1 Å². The van der Waals surface area contributed by atoms with Gasteiger partial charge >= 0.3 is 0 Å². The summed E-state index contributed by atoms with van der Waals surface area (Å²) >= 11 is 0. The van der Waals surface area contributed by atoms with Gasteiger partial charge in [-0.05, 0) is 119 Å². The summed E-state index contributed by atoms with van der Waals surface area (Å²) in [7, 11) is 0. The number of aromatic nitrogens is 1. The Morgan fingerprint density at radius 3 is 2.44 bits per heavy atom. The standard InChI is InChI=1S/C28H37FN4O.C12H25N.C2H5N/c1-5-34-27-13-11-23(19-25(27)29)26(18-20(2)3)33-17-16-32(21(33)4)15-7-9-24-12-10-22-8-6-14-30-28(22)31-24;1-11(2,12(3,4)13)10-8-6-5-7-9-10;1-2-3/h10-13,19,26H,2,4-9,14-18H2,1,3H3,(H,30,31);10H,5-9,13H2,1-4H3;2H,1,3H2/t26-;;/m0../s1. The lowest BCUT2D eigenvalue weighted by atomic mass is 9.62. The third kappa shape index (κ3) is 11.2. The van der Waals surface area contributed by atoms with Crippen molar-refractivity contribution in [1.29, 1.82) is 0 Å². The number of anilines is 1. The second-order valence-electron chi connectivity index (χ2n) is 15.4. The fourth-order valence-corrected chi connectivity index (χ4v) is 7.29. The lowest BCUT2D eigenvalue weighted by Gasteiger charge is -2.46. The molecule has 1 aliphatic carbocycles. The van der Waals surface area contributed by atoms with E-state index in [1.54, 1.807) is 12.1 Å². The predicted octanol–water partition coefficient (Wildman–Crippen LogP) is 9.13. The predicted molar refractivity (Wildman–Crippen MR) is 210 cm³/mol. The number of hydrogen-bond donors (Lipinski definition) is 3. The number of fused-ring (bicyclic) bond motifs is 1. The number of aryl methyl sites for hydroxylation is 2. The molecule has 8 heteroatoms. The molecule has 278 valence electrons. The molecule has 0 bridgehead atoms. The second-order valence-corrected chi connectivity index (χ2v) is 15.4. The molecule has 50 heavy (non-hydrogen) atoms. The van der Waals surface area contributed by atoms with Gasteiger partial charge < -0.3 is 31.3 Å².